The highest BCUT2D eigenvalue weighted by molar-refractivity contribution is 7.12. The minimum atomic E-state index is 0.681. The molecule has 0 radical (unpaired) electrons. The molecule has 1 aromatic heterocycles. The van der Waals surface area contributed by atoms with Crippen LogP contribution in [0.2, 0.25) is 0 Å². The van der Waals surface area contributed by atoms with Crippen LogP contribution >= 0.6 is 11.3 Å². The van der Waals surface area contributed by atoms with Gasteiger partial charge in [0, 0.05) is 28.9 Å². The Morgan fingerprint density at radius 2 is 2.00 bits per heavy atom. The predicted molar refractivity (Wildman–Crippen MR) is 67.7 cm³/mol. The molecule has 0 aliphatic carbocycles. The van der Waals surface area contributed by atoms with Crippen LogP contribution in [-0.4, -0.2) is 17.5 Å². The van der Waals surface area contributed by atoms with E-state index in [1.807, 2.05) is 11.3 Å². The zero-order valence-corrected chi connectivity index (χ0v) is 11.0. The van der Waals surface area contributed by atoms with Gasteiger partial charge in [-0.1, -0.05) is 13.8 Å². The second-order valence-corrected chi connectivity index (χ2v) is 6.23. The van der Waals surface area contributed by atoms with Crippen molar-refractivity contribution in [3.05, 3.63) is 21.4 Å². The summed E-state index contributed by atoms with van der Waals surface area (Å²) in [5.41, 5.74) is 1.59. The number of hydrogen-bond acceptors (Lipinski definition) is 2. The molecule has 0 unspecified atom stereocenters. The second kappa shape index (κ2) is 4.26. The zero-order chi connectivity index (χ0) is 11.0. The third-order valence-corrected chi connectivity index (χ3v) is 4.75. The highest BCUT2D eigenvalue weighted by Gasteiger charge is 2.21. The Bertz CT molecular complexity index is 338. The summed E-state index contributed by atoms with van der Waals surface area (Å²) < 4.78 is 0. The maximum atomic E-state index is 2.57. The average molecular weight is 223 g/mol. The molecule has 0 aromatic carbocycles. The van der Waals surface area contributed by atoms with E-state index in [-0.39, 0.29) is 0 Å². The Labute approximate surface area is 97.1 Å². The molecular weight excluding hydrogens is 202 g/mol. The predicted octanol–water partition coefficient (Wildman–Crippen LogP) is 3.64. The van der Waals surface area contributed by atoms with Gasteiger partial charge in [0.25, 0.3) is 0 Å². The van der Waals surface area contributed by atoms with Crippen LogP contribution in [0.1, 0.15) is 48.9 Å². The Morgan fingerprint density at radius 3 is 2.60 bits per heavy atom. The van der Waals surface area contributed by atoms with E-state index in [0.717, 1.165) is 6.54 Å². The molecule has 1 aliphatic rings. The minimum absolute atomic E-state index is 0.681. The maximum Gasteiger partial charge on any atom is 0.0247 e. The van der Waals surface area contributed by atoms with E-state index in [9.17, 15) is 0 Å². The highest BCUT2D eigenvalue weighted by Crippen LogP contribution is 2.32. The molecule has 1 aromatic rings. The Balaban J connectivity index is 2.19. The number of fused-ring (bicyclic) bond motifs is 1. The van der Waals surface area contributed by atoms with Crippen molar-refractivity contribution in [3.8, 4) is 0 Å². The van der Waals surface area contributed by atoms with Gasteiger partial charge in [-0.15, -0.1) is 11.3 Å². The van der Waals surface area contributed by atoms with Crippen LogP contribution in [0.5, 0.6) is 0 Å². The lowest BCUT2D eigenvalue weighted by Gasteiger charge is -2.30. The molecule has 0 saturated heterocycles. The lowest BCUT2D eigenvalue weighted by atomic mass is 10.1. The summed E-state index contributed by atoms with van der Waals surface area (Å²) in [6, 6.07) is 3.11. The number of nitrogens with zero attached hydrogens (tertiary/aromatic N) is 1. The fourth-order valence-corrected chi connectivity index (χ4v) is 3.27. The van der Waals surface area contributed by atoms with Gasteiger partial charge in [-0.2, -0.15) is 0 Å². The molecule has 0 amide bonds. The first-order valence-corrected chi connectivity index (χ1v) is 6.75. The normalized spacial score (nSPS) is 17.5. The van der Waals surface area contributed by atoms with E-state index in [2.05, 4.69) is 38.7 Å². The molecule has 1 aliphatic heterocycles. The summed E-state index contributed by atoms with van der Waals surface area (Å²) in [6.07, 6.45) is 1.25. The molecule has 0 bridgehead atoms. The Kier molecular flexibility index (Phi) is 3.17. The van der Waals surface area contributed by atoms with Gasteiger partial charge in [0.1, 0.15) is 0 Å². The standard InChI is InChI=1S/C13H21NS/c1-9(2)13-7-11-8-14(10(3)4)6-5-12(11)15-13/h7,9-10H,5-6,8H2,1-4H3. The van der Waals surface area contributed by atoms with Crippen molar-refractivity contribution in [1.29, 1.82) is 0 Å². The van der Waals surface area contributed by atoms with Crippen molar-refractivity contribution in [2.24, 2.45) is 0 Å². The average Bonchev–Trinajstić information content (AvgIpc) is 2.59. The minimum Gasteiger partial charge on any atom is -0.296 e. The molecule has 2 heterocycles. The zero-order valence-electron chi connectivity index (χ0n) is 10.2. The molecule has 0 atom stereocenters. The van der Waals surface area contributed by atoms with Gasteiger partial charge in [0.15, 0.2) is 0 Å². The summed E-state index contributed by atoms with van der Waals surface area (Å²) in [6.45, 7) is 11.6. The van der Waals surface area contributed by atoms with Crippen molar-refractivity contribution < 1.29 is 0 Å². The fourth-order valence-electron chi connectivity index (χ4n) is 2.10. The summed E-state index contributed by atoms with van der Waals surface area (Å²) in [5.74, 6) is 0.688. The molecule has 0 N–H and O–H groups in total. The van der Waals surface area contributed by atoms with Gasteiger partial charge in [0.05, 0.1) is 0 Å². The van der Waals surface area contributed by atoms with Gasteiger partial charge in [-0.3, -0.25) is 4.90 Å². The van der Waals surface area contributed by atoms with Crippen LogP contribution in [0.15, 0.2) is 6.07 Å². The largest absolute Gasteiger partial charge is 0.296 e. The van der Waals surface area contributed by atoms with E-state index in [1.54, 1.807) is 15.3 Å². The molecular formula is C13H21NS. The van der Waals surface area contributed by atoms with E-state index in [0.29, 0.717) is 12.0 Å². The van der Waals surface area contributed by atoms with Crippen LogP contribution in [0.3, 0.4) is 0 Å². The molecule has 0 spiro atoms. The van der Waals surface area contributed by atoms with Crippen molar-refractivity contribution in [2.75, 3.05) is 6.54 Å². The first-order valence-electron chi connectivity index (χ1n) is 5.93. The third-order valence-electron chi connectivity index (χ3n) is 3.21. The van der Waals surface area contributed by atoms with E-state index in [1.165, 1.54) is 13.0 Å². The van der Waals surface area contributed by atoms with Crippen molar-refractivity contribution >= 4 is 11.3 Å². The topological polar surface area (TPSA) is 3.24 Å². The van der Waals surface area contributed by atoms with Crippen LogP contribution in [-0.2, 0) is 13.0 Å². The maximum absolute atomic E-state index is 2.57. The fraction of sp³-hybridized carbons (Fsp3) is 0.692. The van der Waals surface area contributed by atoms with Crippen LogP contribution in [0.4, 0.5) is 0 Å². The van der Waals surface area contributed by atoms with Crippen molar-refractivity contribution in [1.82, 2.24) is 4.90 Å². The van der Waals surface area contributed by atoms with E-state index in [4.69, 9.17) is 0 Å². The molecule has 0 saturated carbocycles. The van der Waals surface area contributed by atoms with Gasteiger partial charge < -0.3 is 0 Å². The molecule has 84 valence electrons. The SMILES string of the molecule is CC(C)c1cc2c(s1)CCN(C(C)C)C2. The lowest BCUT2D eigenvalue weighted by Crippen LogP contribution is -2.35. The van der Waals surface area contributed by atoms with E-state index >= 15 is 0 Å². The molecule has 2 rings (SSSR count). The summed E-state index contributed by atoms with van der Waals surface area (Å²) in [5, 5.41) is 0. The quantitative estimate of drug-likeness (QED) is 0.740. The lowest BCUT2D eigenvalue weighted by molar-refractivity contribution is 0.205. The van der Waals surface area contributed by atoms with Gasteiger partial charge in [-0.05, 0) is 37.8 Å². The van der Waals surface area contributed by atoms with Crippen LogP contribution in [0.25, 0.3) is 0 Å². The third kappa shape index (κ3) is 2.26. The molecule has 15 heavy (non-hydrogen) atoms. The Hall–Kier alpha value is -0.340. The second-order valence-electron chi connectivity index (χ2n) is 5.07. The van der Waals surface area contributed by atoms with Gasteiger partial charge in [-0.25, -0.2) is 0 Å². The summed E-state index contributed by atoms with van der Waals surface area (Å²) in [4.78, 5) is 5.76. The van der Waals surface area contributed by atoms with Crippen molar-refractivity contribution in [3.63, 3.8) is 0 Å². The van der Waals surface area contributed by atoms with Crippen molar-refractivity contribution in [2.45, 2.75) is 52.6 Å². The van der Waals surface area contributed by atoms with Crippen LogP contribution < -0.4 is 0 Å². The van der Waals surface area contributed by atoms with E-state index < -0.39 is 0 Å². The summed E-state index contributed by atoms with van der Waals surface area (Å²) >= 11 is 2.03. The highest BCUT2D eigenvalue weighted by atomic mass is 32.1. The summed E-state index contributed by atoms with van der Waals surface area (Å²) in [7, 11) is 0. The molecule has 1 nitrogen and oxygen atoms in total. The number of rotatable bonds is 2. The monoisotopic (exact) mass is 223 g/mol. The Morgan fingerprint density at radius 1 is 1.27 bits per heavy atom. The molecule has 0 fully saturated rings. The van der Waals surface area contributed by atoms with Crippen LogP contribution in [0, 0.1) is 0 Å². The molecule has 2 heteroatoms. The smallest absolute Gasteiger partial charge is 0.0247 e. The first kappa shape index (κ1) is 11.2. The number of hydrogen-bond donors (Lipinski definition) is 0. The van der Waals surface area contributed by atoms with Gasteiger partial charge >= 0.3 is 0 Å². The number of thiophene rings is 1. The first-order chi connectivity index (χ1) is 7.08. The van der Waals surface area contributed by atoms with Gasteiger partial charge in [0.2, 0.25) is 0 Å².